The van der Waals surface area contributed by atoms with Gasteiger partial charge in [-0.05, 0) is 38.8 Å². The summed E-state index contributed by atoms with van der Waals surface area (Å²) in [6.45, 7) is 5.17. The van der Waals surface area contributed by atoms with E-state index in [-0.39, 0.29) is 0 Å². The standard InChI is InChI=1S/C13H20N2O2/c1-10(16)12-5-4-11(8-14-12)15-7-3-6-13(2,17)9-15/h4-5,8,10,16-17H,3,6-7,9H2,1-2H3/t10-,13?/m0/s1. The van der Waals surface area contributed by atoms with Crippen molar-refractivity contribution in [1.82, 2.24) is 4.98 Å². The first-order valence-electron chi connectivity index (χ1n) is 6.09. The zero-order chi connectivity index (χ0) is 12.5. The molecular weight excluding hydrogens is 216 g/mol. The largest absolute Gasteiger partial charge is 0.388 e. The molecule has 1 saturated heterocycles. The number of β-amino-alcohol motifs (C(OH)–C–C–N with tert-alkyl or cyclic N) is 1. The minimum absolute atomic E-state index is 0.534. The van der Waals surface area contributed by atoms with Gasteiger partial charge >= 0.3 is 0 Å². The lowest BCUT2D eigenvalue weighted by Crippen LogP contribution is -2.46. The number of rotatable bonds is 2. The first-order chi connectivity index (χ1) is 7.98. The van der Waals surface area contributed by atoms with Crippen LogP contribution in [0.5, 0.6) is 0 Å². The van der Waals surface area contributed by atoms with E-state index in [4.69, 9.17) is 0 Å². The molecule has 0 aromatic carbocycles. The molecule has 4 nitrogen and oxygen atoms in total. The Morgan fingerprint density at radius 1 is 1.47 bits per heavy atom. The van der Waals surface area contributed by atoms with Crippen LogP contribution in [-0.2, 0) is 0 Å². The van der Waals surface area contributed by atoms with E-state index in [1.807, 2.05) is 19.1 Å². The summed E-state index contributed by atoms with van der Waals surface area (Å²) in [6.07, 6.45) is 3.07. The van der Waals surface area contributed by atoms with E-state index in [9.17, 15) is 10.2 Å². The number of hydrogen-bond acceptors (Lipinski definition) is 4. The molecule has 17 heavy (non-hydrogen) atoms. The first kappa shape index (κ1) is 12.3. The minimum Gasteiger partial charge on any atom is -0.388 e. The van der Waals surface area contributed by atoms with Crippen molar-refractivity contribution in [3.63, 3.8) is 0 Å². The Kier molecular flexibility index (Phi) is 3.35. The second-order valence-electron chi connectivity index (χ2n) is 5.14. The van der Waals surface area contributed by atoms with E-state index in [2.05, 4.69) is 9.88 Å². The average molecular weight is 236 g/mol. The number of piperidine rings is 1. The smallest absolute Gasteiger partial charge is 0.0931 e. The monoisotopic (exact) mass is 236 g/mol. The molecule has 0 amide bonds. The lowest BCUT2D eigenvalue weighted by atomic mass is 9.95. The number of aromatic nitrogens is 1. The summed E-state index contributed by atoms with van der Waals surface area (Å²) in [6, 6.07) is 3.79. The van der Waals surface area contributed by atoms with Gasteiger partial charge in [-0.15, -0.1) is 0 Å². The normalized spacial score (nSPS) is 26.9. The van der Waals surface area contributed by atoms with Crippen LogP contribution in [-0.4, -0.2) is 33.9 Å². The molecule has 0 bridgehead atoms. The molecule has 1 aromatic rings. The van der Waals surface area contributed by atoms with Gasteiger partial charge in [0.2, 0.25) is 0 Å². The fourth-order valence-electron chi connectivity index (χ4n) is 2.27. The Hall–Kier alpha value is -1.13. The third-order valence-corrected chi connectivity index (χ3v) is 3.24. The molecule has 2 heterocycles. The zero-order valence-corrected chi connectivity index (χ0v) is 10.4. The highest BCUT2D eigenvalue weighted by Gasteiger charge is 2.28. The quantitative estimate of drug-likeness (QED) is 0.816. The maximum atomic E-state index is 10.0. The molecule has 2 rings (SSSR count). The molecule has 0 radical (unpaired) electrons. The van der Waals surface area contributed by atoms with Gasteiger partial charge in [0.15, 0.2) is 0 Å². The molecular formula is C13H20N2O2. The van der Waals surface area contributed by atoms with Crippen LogP contribution in [0, 0.1) is 0 Å². The Balaban J connectivity index is 2.12. The minimum atomic E-state index is -0.610. The van der Waals surface area contributed by atoms with Gasteiger partial charge in [0, 0.05) is 13.1 Å². The van der Waals surface area contributed by atoms with E-state index in [1.54, 1.807) is 13.1 Å². The van der Waals surface area contributed by atoms with Gasteiger partial charge in [-0.3, -0.25) is 4.98 Å². The maximum absolute atomic E-state index is 10.0. The fraction of sp³-hybridized carbons (Fsp3) is 0.615. The van der Waals surface area contributed by atoms with Gasteiger partial charge in [-0.2, -0.15) is 0 Å². The van der Waals surface area contributed by atoms with Crippen LogP contribution >= 0.6 is 0 Å². The maximum Gasteiger partial charge on any atom is 0.0931 e. The molecule has 1 aliphatic rings. The number of nitrogens with zero attached hydrogens (tertiary/aromatic N) is 2. The van der Waals surface area contributed by atoms with Gasteiger partial charge in [0.05, 0.1) is 29.3 Å². The Labute approximate surface area is 102 Å². The third-order valence-electron chi connectivity index (χ3n) is 3.24. The van der Waals surface area contributed by atoms with Crippen molar-refractivity contribution in [2.24, 2.45) is 0 Å². The van der Waals surface area contributed by atoms with Crippen LogP contribution < -0.4 is 4.90 Å². The summed E-state index contributed by atoms with van der Waals surface area (Å²) in [7, 11) is 0. The lowest BCUT2D eigenvalue weighted by molar-refractivity contribution is 0.0449. The van der Waals surface area contributed by atoms with Crippen LogP contribution in [0.15, 0.2) is 18.3 Å². The zero-order valence-electron chi connectivity index (χ0n) is 10.4. The molecule has 94 valence electrons. The Bertz CT molecular complexity index is 374. The molecule has 1 aliphatic heterocycles. The van der Waals surface area contributed by atoms with Crippen molar-refractivity contribution in [3.8, 4) is 0 Å². The van der Waals surface area contributed by atoms with Crippen molar-refractivity contribution in [1.29, 1.82) is 0 Å². The summed E-state index contributed by atoms with van der Waals surface area (Å²) in [5, 5.41) is 19.4. The SMILES string of the molecule is C[C@H](O)c1ccc(N2CCCC(C)(O)C2)cn1. The predicted octanol–water partition coefficient (Wildman–Crippen LogP) is 1.49. The van der Waals surface area contributed by atoms with Crippen molar-refractivity contribution >= 4 is 5.69 Å². The van der Waals surface area contributed by atoms with Crippen LogP contribution in [0.2, 0.25) is 0 Å². The fourth-order valence-corrected chi connectivity index (χ4v) is 2.27. The molecule has 4 heteroatoms. The number of pyridine rings is 1. The third kappa shape index (κ3) is 2.96. The first-order valence-corrected chi connectivity index (χ1v) is 6.09. The average Bonchev–Trinajstić information content (AvgIpc) is 2.28. The Morgan fingerprint density at radius 2 is 2.24 bits per heavy atom. The molecule has 1 aromatic heterocycles. The molecule has 2 N–H and O–H groups in total. The topological polar surface area (TPSA) is 56.6 Å². The number of anilines is 1. The van der Waals surface area contributed by atoms with E-state index in [0.717, 1.165) is 25.1 Å². The van der Waals surface area contributed by atoms with E-state index >= 15 is 0 Å². The summed E-state index contributed by atoms with van der Waals surface area (Å²) >= 11 is 0. The second-order valence-corrected chi connectivity index (χ2v) is 5.14. The van der Waals surface area contributed by atoms with Gasteiger partial charge in [0.1, 0.15) is 0 Å². The van der Waals surface area contributed by atoms with Crippen LogP contribution in [0.1, 0.15) is 38.5 Å². The van der Waals surface area contributed by atoms with Crippen molar-refractivity contribution in [3.05, 3.63) is 24.0 Å². The van der Waals surface area contributed by atoms with Crippen LogP contribution in [0.4, 0.5) is 5.69 Å². The van der Waals surface area contributed by atoms with Gasteiger partial charge in [0.25, 0.3) is 0 Å². The second kappa shape index (κ2) is 4.63. The summed E-state index contributed by atoms with van der Waals surface area (Å²) in [5.74, 6) is 0. The molecule has 1 unspecified atom stereocenters. The molecule has 0 spiro atoms. The molecule has 2 atom stereocenters. The van der Waals surface area contributed by atoms with Gasteiger partial charge in [-0.25, -0.2) is 0 Å². The summed E-state index contributed by atoms with van der Waals surface area (Å²) in [5.41, 5.74) is 1.08. The van der Waals surface area contributed by atoms with Crippen molar-refractivity contribution < 1.29 is 10.2 Å². The summed E-state index contributed by atoms with van der Waals surface area (Å²) in [4.78, 5) is 6.37. The van der Waals surface area contributed by atoms with E-state index in [0.29, 0.717) is 12.2 Å². The molecule has 0 saturated carbocycles. The number of hydrogen-bond donors (Lipinski definition) is 2. The highest BCUT2D eigenvalue weighted by atomic mass is 16.3. The van der Waals surface area contributed by atoms with Crippen molar-refractivity contribution in [2.45, 2.75) is 38.4 Å². The molecule has 0 aliphatic carbocycles. The number of aliphatic hydroxyl groups is 2. The highest BCUT2D eigenvalue weighted by molar-refractivity contribution is 5.45. The van der Waals surface area contributed by atoms with Gasteiger partial charge < -0.3 is 15.1 Å². The van der Waals surface area contributed by atoms with E-state index in [1.165, 1.54) is 0 Å². The van der Waals surface area contributed by atoms with Crippen LogP contribution in [0.25, 0.3) is 0 Å². The Morgan fingerprint density at radius 3 is 2.76 bits per heavy atom. The highest BCUT2D eigenvalue weighted by Crippen LogP contribution is 2.25. The number of aliphatic hydroxyl groups excluding tert-OH is 1. The predicted molar refractivity (Wildman–Crippen MR) is 66.9 cm³/mol. The lowest BCUT2D eigenvalue weighted by Gasteiger charge is -2.38. The van der Waals surface area contributed by atoms with Crippen molar-refractivity contribution in [2.75, 3.05) is 18.0 Å². The van der Waals surface area contributed by atoms with E-state index < -0.39 is 11.7 Å². The van der Waals surface area contributed by atoms with Crippen LogP contribution in [0.3, 0.4) is 0 Å². The molecule has 1 fully saturated rings. The van der Waals surface area contributed by atoms with Gasteiger partial charge in [-0.1, -0.05) is 0 Å². The summed E-state index contributed by atoms with van der Waals surface area (Å²) < 4.78 is 0.